The highest BCUT2D eigenvalue weighted by atomic mass is 16.5. The third-order valence-corrected chi connectivity index (χ3v) is 2.82. The van der Waals surface area contributed by atoms with Crippen LogP contribution in [0.5, 0.6) is 11.6 Å². The molecular formula is C15H17N3O. The molecule has 0 aliphatic heterocycles. The fourth-order valence-electron chi connectivity index (χ4n) is 1.64. The van der Waals surface area contributed by atoms with Crippen molar-refractivity contribution in [1.29, 1.82) is 5.41 Å². The van der Waals surface area contributed by atoms with Crippen LogP contribution < -0.4 is 10.5 Å². The van der Waals surface area contributed by atoms with Crippen LogP contribution in [-0.4, -0.2) is 10.8 Å². The number of nitrogens with two attached hydrogens (primary N) is 1. The van der Waals surface area contributed by atoms with Gasteiger partial charge in [0.1, 0.15) is 11.6 Å². The first-order chi connectivity index (χ1) is 9.06. The van der Waals surface area contributed by atoms with E-state index in [0.717, 1.165) is 5.75 Å². The molecule has 0 radical (unpaired) electrons. The standard InChI is InChI=1S/C15H17N3O/c1-10(2)11-3-6-13(7-4-11)19-14-8-5-12(9-18-14)15(16)17/h3-10H,1-2H3,(H3,16,17). The van der Waals surface area contributed by atoms with Crippen LogP contribution in [-0.2, 0) is 0 Å². The van der Waals surface area contributed by atoms with E-state index in [2.05, 4.69) is 18.8 Å². The summed E-state index contributed by atoms with van der Waals surface area (Å²) in [4.78, 5) is 4.11. The van der Waals surface area contributed by atoms with Gasteiger partial charge in [0.25, 0.3) is 0 Å². The van der Waals surface area contributed by atoms with Gasteiger partial charge in [-0.25, -0.2) is 4.98 Å². The summed E-state index contributed by atoms with van der Waals surface area (Å²) in [6.45, 7) is 4.30. The van der Waals surface area contributed by atoms with Crippen LogP contribution >= 0.6 is 0 Å². The zero-order valence-electron chi connectivity index (χ0n) is 11.1. The summed E-state index contributed by atoms with van der Waals surface area (Å²) in [5.74, 6) is 1.73. The van der Waals surface area contributed by atoms with E-state index in [1.54, 1.807) is 12.1 Å². The monoisotopic (exact) mass is 255 g/mol. The Kier molecular flexibility index (Phi) is 3.80. The van der Waals surface area contributed by atoms with Crippen LogP contribution in [0.4, 0.5) is 0 Å². The molecule has 98 valence electrons. The molecule has 2 aromatic rings. The minimum Gasteiger partial charge on any atom is -0.439 e. The molecule has 19 heavy (non-hydrogen) atoms. The maximum Gasteiger partial charge on any atom is 0.219 e. The van der Waals surface area contributed by atoms with E-state index in [1.165, 1.54) is 11.8 Å². The van der Waals surface area contributed by atoms with E-state index in [4.69, 9.17) is 15.9 Å². The molecule has 0 atom stereocenters. The van der Waals surface area contributed by atoms with Crippen LogP contribution in [0, 0.1) is 5.41 Å². The van der Waals surface area contributed by atoms with E-state index in [0.29, 0.717) is 17.4 Å². The van der Waals surface area contributed by atoms with E-state index < -0.39 is 0 Å². The minimum atomic E-state index is 0.000311. The lowest BCUT2D eigenvalue weighted by Crippen LogP contribution is -2.11. The van der Waals surface area contributed by atoms with Crippen LogP contribution in [0.3, 0.4) is 0 Å². The average Bonchev–Trinajstić information content (AvgIpc) is 2.40. The predicted molar refractivity (Wildman–Crippen MR) is 75.9 cm³/mol. The molecule has 0 aliphatic carbocycles. The maximum absolute atomic E-state index is 7.29. The van der Waals surface area contributed by atoms with Gasteiger partial charge >= 0.3 is 0 Å². The summed E-state index contributed by atoms with van der Waals surface area (Å²) in [6, 6.07) is 11.4. The third-order valence-electron chi connectivity index (χ3n) is 2.82. The quantitative estimate of drug-likeness (QED) is 0.650. The van der Waals surface area contributed by atoms with Crippen LogP contribution in [0.1, 0.15) is 30.9 Å². The molecule has 2 rings (SSSR count). The van der Waals surface area contributed by atoms with Crippen molar-refractivity contribution in [3.05, 3.63) is 53.7 Å². The normalized spacial score (nSPS) is 10.5. The number of pyridine rings is 1. The molecule has 0 fully saturated rings. The Bertz CT molecular complexity index is 559. The van der Waals surface area contributed by atoms with Crippen LogP contribution in [0.2, 0.25) is 0 Å². The fraction of sp³-hybridized carbons (Fsp3) is 0.200. The fourth-order valence-corrected chi connectivity index (χ4v) is 1.64. The zero-order chi connectivity index (χ0) is 13.8. The van der Waals surface area contributed by atoms with E-state index >= 15 is 0 Å². The van der Waals surface area contributed by atoms with Crippen molar-refractivity contribution in [2.45, 2.75) is 19.8 Å². The number of hydrogen-bond acceptors (Lipinski definition) is 3. The highest BCUT2D eigenvalue weighted by Crippen LogP contribution is 2.22. The molecule has 0 amide bonds. The average molecular weight is 255 g/mol. The molecule has 3 N–H and O–H groups in total. The molecule has 1 heterocycles. The Labute approximate surface area is 112 Å². The number of hydrogen-bond donors (Lipinski definition) is 2. The molecule has 0 unspecified atom stereocenters. The number of aromatic nitrogens is 1. The van der Waals surface area contributed by atoms with Crippen molar-refractivity contribution in [2.24, 2.45) is 5.73 Å². The molecule has 0 saturated carbocycles. The molecule has 1 aromatic carbocycles. The Morgan fingerprint density at radius 3 is 2.32 bits per heavy atom. The van der Waals surface area contributed by atoms with Gasteiger partial charge in [-0.2, -0.15) is 0 Å². The summed E-state index contributed by atoms with van der Waals surface area (Å²) < 4.78 is 5.63. The van der Waals surface area contributed by atoms with E-state index in [9.17, 15) is 0 Å². The number of benzene rings is 1. The third kappa shape index (κ3) is 3.31. The first kappa shape index (κ1) is 13.1. The van der Waals surface area contributed by atoms with Gasteiger partial charge in [-0.3, -0.25) is 5.41 Å². The Balaban J connectivity index is 2.10. The molecule has 0 spiro atoms. The van der Waals surface area contributed by atoms with Gasteiger partial charge in [0, 0.05) is 17.8 Å². The number of nitrogen functional groups attached to an aromatic ring is 1. The first-order valence-electron chi connectivity index (χ1n) is 6.14. The molecule has 4 heteroatoms. The van der Waals surface area contributed by atoms with Gasteiger partial charge in [0.05, 0.1) is 0 Å². The first-order valence-corrected chi connectivity index (χ1v) is 6.14. The molecule has 1 aromatic heterocycles. The molecule has 0 aliphatic rings. The SMILES string of the molecule is CC(C)c1ccc(Oc2ccc(C(=N)N)cn2)cc1. The van der Waals surface area contributed by atoms with Crippen molar-refractivity contribution in [1.82, 2.24) is 4.98 Å². The van der Waals surface area contributed by atoms with Gasteiger partial charge in [-0.15, -0.1) is 0 Å². The molecular weight excluding hydrogens is 238 g/mol. The minimum absolute atomic E-state index is 0.000311. The van der Waals surface area contributed by atoms with E-state index in [-0.39, 0.29) is 5.84 Å². The second kappa shape index (κ2) is 5.52. The van der Waals surface area contributed by atoms with Gasteiger partial charge in [-0.05, 0) is 29.7 Å². The Morgan fingerprint density at radius 1 is 1.16 bits per heavy atom. The molecule has 4 nitrogen and oxygen atoms in total. The largest absolute Gasteiger partial charge is 0.439 e. The van der Waals surface area contributed by atoms with Gasteiger partial charge in [-0.1, -0.05) is 26.0 Å². The highest BCUT2D eigenvalue weighted by molar-refractivity contribution is 5.94. The van der Waals surface area contributed by atoms with Crippen molar-refractivity contribution in [3.8, 4) is 11.6 Å². The van der Waals surface area contributed by atoms with Gasteiger partial charge < -0.3 is 10.5 Å². The lowest BCUT2D eigenvalue weighted by atomic mass is 10.0. The van der Waals surface area contributed by atoms with Crippen molar-refractivity contribution < 1.29 is 4.74 Å². The van der Waals surface area contributed by atoms with Gasteiger partial charge in [0.2, 0.25) is 5.88 Å². The lowest BCUT2D eigenvalue weighted by molar-refractivity contribution is 0.462. The van der Waals surface area contributed by atoms with Crippen molar-refractivity contribution >= 4 is 5.84 Å². The smallest absolute Gasteiger partial charge is 0.219 e. The van der Waals surface area contributed by atoms with Gasteiger partial charge in [0.15, 0.2) is 0 Å². The summed E-state index contributed by atoms with van der Waals surface area (Å²) in [6.07, 6.45) is 1.53. The van der Waals surface area contributed by atoms with Crippen LogP contribution in [0.15, 0.2) is 42.6 Å². The van der Waals surface area contributed by atoms with Crippen molar-refractivity contribution in [3.63, 3.8) is 0 Å². The molecule has 0 saturated heterocycles. The topological polar surface area (TPSA) is 72.0 Å². The Hall–Kier alpha value is -2.36. The number of rotatable bonds is 4. The second-order valence-electron chi connectivity index (χ2n) is 4.62. The van der Waals surface area contributed by atoms with Crippen LogP contribution in [0.25, 0.3) is 0 Å². The maximum atomic E-state index is 7.29. The summed E-state index contributed by atoms with van der Waals surface area (Å²) in [5.41, 5.74) is 7.22. The summed E-state index contributed by atoms with van der Waals surface area (Å²) in [7, 11) is 0. The number of amidine groups is 1. The lowest BCUT2D eigenvalue weighted by Gasteiger charge is -2.08. The summed E-state index contributed by atoms with van der Waals surface area (Å²) >= 11 is 0. The second-order valence-corrected chi connectivity index (χ2v) is 4.62. The molecule has 0 bridgehead atoms. The number of ether oxygens (including phenoxy) is 1. The number of nitrogens with zero attached hydrogens (tertiary/aromatic N) is 1. The highest BCUT2D eigenvalue weighted by Gasteiger charge is 2.02. The Morgan fingerprint density at radius 2 is 1.84 bits per heavy atom. The van der Waals surface area contributed by atoms with Crippen molar-refractivity contribution in [2.75, 3.05) is 0 Å². The summed E-state index contributed by atoms with van der Waals surface area (Å²) in [5, 5.41) is 7.29. The predicted octanol–water partition coefficient (Wildman–Crippen LogP) is 3.28. The zero-order valence-corrected chi connectivity index (χ0v) is 11.1. The van der Waals surface area contributed by atoms with E-state index in [1.807, 2.05) is 24.3 Å². The number of nitrogens with one attached hydrogen (secondary N) is 1.